The van der Waals surface area contributed by atoms with E-state index in [0.29, 0.717) is 23.5 Å². The normalized spacial score (nSPS) is 10.7. The molecule has 3 rings (SSSR count). The van der Waals surface area contributed by atoms with Crippen LogP contribution in [0.4, 0.5) is 0 Å². The Kier molecular flexibility index (Phi) is 6.39. The summed E-state index contributed by atoms with van der Waals surface area (Å²) in [5.74, 6) is 0.0700. The van der Waals surface area contributed by atoms with Crippen molar-refractivity contribution in [3.8, 4) is 11.4 Å². The third-order valence-corrected chi connectivity index (χ3v) is 5.29. The van der Waals surface area contributed by atoms with Crippen LogP contribution in [-0.2, 0) is 6.54 Å². The molecule has 2 aromatic carbocycles. The predicted molar refractivity (Wildman–Crippen MR) is 118 cm³/mol. The summed E-state index contributed by atoms with van der Waals surface area (Å²) in [5.41, 5.74) is 1.56. The predicted octanol–water partition coefficient (Wildman–Crippen LogP) is 2.16. The van der Waals surface area contributed by atoms with E-state index in [1.807, 2.05) is 26.0 Å². The summed E-state index contributed by atoms with van der Waals surface area (Å²) in [7, 11) is 3.13. The number of amides is 1. The van der Waals surface area contributed by atoms with Gasteiger partial charge in [-0.25, -0.2) is 4.79 Å². The molecular weight excluding hydrogens is 396 g/mol. The Labute approximate surface area is 180 Å². The first kappa shape index (κ1) is 22.0. The first-order valence-corrected chi connectivity index (χ1v) is 9.97. The highest BCUT2D eigenvalue weighted by atomic mass is 16.5. The van der Waals surface area contributed by atoms with Crippen molar-refractivity contribution in [1.29, 1.82) is 0 Å². The van der Waals surface area contributed by atoms with Crippen LogP contribution in [0.1, 0.15) is 34.1 Å². The Hall–Kier alpha value is -3.68. The molecule has 0 unspecified atom stereocenters. The quantitative estimate of drug-likeness (QED) is 0.608. The van der Waals surface area contributed by atoms with E-state index in [1.54, 1.807) is 51.4 Å². The molecule has 0 aliphatic rings. The van der Waals surface area contributed by atoms with Gasteiger partial charge in [-0.05, 0) is 61.7 Å². The molecular formula is C23H26N4O4. The molecule has 1 heterocycles. The minimum absolute atomic E-state index is 0.0155. The smallest absolute Gasteiger partial charge is 0.352 e. The number of carbonyl (C=O) groups excluding carboxylic acids is 1. The summed E-state index contributed by atoms with van der Waals surface area (Å²) in [6.07, 6.45) is 0. The fourth-order valence-electron chi connectivity index (χ4n) is 3.09. The Morgan fingerprint density at radius 1 is 1.10 bits per heavy atom. The number of methoxy groups -OCH3 is 1. The number of aromatic nitrogens is 3. The van der Waals surface area contributed by atoms with Crippen molar-refractivity contribution in [1.82, 2.24) is 19.2 Å². The van der Waals surface area contributed by atoms with Crippen LogP contribution < -0.4 is 16.0 Å². The monoisotopic (exact) mass is 422 g/mol. The summed E-state index contributed by atoms with van der Waals surface area (Å²) in [5, 5.41) is 4.17. The summed E-state index contributed by atoms with van der Waals surface area (Å²) in [6, 6.07) is 12.5. The lowest BCUT2D eigenvalue weighted by atomic mass is 10.1. The molecule has 0 saturated heterocycles. The molecule has 3 aromatic rings. The third-order valence-electron chi connectivity index (χ3n) is 5.29. The average molecular weight is 422 g/mol. The number of hydrogen-bond acceptors (Lipinski definition) is 5. The molecule has 0 aliphatic carbocycles. The highest BCUT2D eigenvalue weighted by Gasteiger charge is 2.22. The van der Waals surface area contributed by atoms with E-state index in [2.05, 4.69) is 5.10 Å². The number of nitrogens with zero attached hydrogens (tertiary/aromatic N) is 4. The van der Waals surface area contributed by atoms with Gasteiger partial charge in [-0.15, -0.1) is 0 Å². The van der Waals surface area contributed by atoms with Crippen LogP contribution in [0.25, 0.3) is 5.69 Å². The van der Waals surface area contributed by atoms with Gasteiger partial charge in [0.1, 0.15) is 5.75 Å². The Morgan fingerprint density at radius 3 is 2.48 bits per heavy atom. The van der Waals surface area contributed by atoms with Gasteiger partial charge >= 0.3 is 5.69 Å². The number of hydrogen-bond donors (Lipinski definition) is 0. The van der Waals surface area contributed by atoms with E-state index in [1.165, 1.54) is 4.90 Å². The minimum atomic E-state index is -0.724. The largest absolute Gasteiger partial charge is 0.497 e. The van der Waals surface area contributed by atoms with Gasteiger partial charge in [0.15, 0.2) is 0 Å². The fourth-order valence-corrected chi connectivity index (χ4v) is 3.09. The maximum absolute atomic E-state index is 13.3. The first-order chi connectivity index (χ1) is 14.8. The van der Waals surface area contributed by atoms with Crippen LogP contribution in [0.15, 0.2) is 52.1 Å². The zero-order valence-electron chi connectivity index (χ0n) is 18.4. The van der Waals surface area contributed by atoms with Gasteiger partial charge in [0.2, 0.25) is 5.69 Å². The van der Waals surface area contributed by atoms with Crippen LogP contribution in [0.2, 0.25) is 0 Å². The van der Waals surface area contributed by atoms with Crippen LogP contribution in [0, 0.1) is 13.8 Å². The standard InChI is InChI=1S/C23H26N4O4/c1-6-25(4)21(28)20-22(29)26(14-17-8-7-9-19(13-17)31-5)23(30)27(24-20)18-11-10-15(2)16(3)12-18/h7-13H,6,14H2,1-5H3. The summed E-state index contributed by atoms with van der Waals surface area (Å²) < 4.78 is 7.39. The van der Waals surface area contributed by atoms with E-state index >= 15 is 0 Å². The SMILES string of the molecule is CCN(C)C(=O)c1nn(-c2ccc(C)c(C)c2)c(=O)n(Cc2cccc(OC)c2)c1=O. The van der Waals surface area contributed by atoms with Gasteiger partial charge in [-0.2, -0.15) is 9.78 Å². The van der Waals surface area contributed by atoms with Crippen molar-refractivity contribution in [3.05, 3.63) is 85.7 Å². The van der Waals surface area contributed by atoms with E-state index in [4.69, 9.17) is 4.74 Å². The number of benzene rings is 2. The third kappa shape index (κ3) is 4.42. The summed E-state index contributed by atoms with van der Waals surface area (Å²) >= 11 is 0. The van der Waals surface area contributed by atoms with Gasteiger partial charge in [-0.3, -0.25) is 14.2 Å². The van der Waals surface area contributed by atoms with E-state index in [9.17, 15) is 14.4 Å². The Morgan fingerprint density at radius 2 is 1.84 bits per heavy atom. The number of rotatable bonds is 6. The van der Waals surface area contributed by atoms with Gasteiger partial charge in [0, 0.05) is 13.6 Å². The van der Waals surface area contributed by atoms with Crippen LogP contribution in [0.5, 0.6) is 5.75 Å². The van der Waals surface area contributed by atoms with Crippen molar-refractivity contribution < 1.29 is 9.53 Å². The molecule has 1 aromatic heterocycles. The number of carbonyl (C=O) groups is 1. The molecule has 0 bridgehead atoms. The molecule has 0 spiro atoms. The highest BCUT2D eigenvalue weighted by molar-refractivity contribution is 5.91. The van der Waals surface area contributed by atoms with E-state index in [0.717, 1.165) is 20.4 Å². The van der Waals surface area contributed by atoms with Crippen LogP contribution in [-0.4, -0.2) is 45.9 Å². The second-order valence-corrected chi connectivity index (χ2v) is 7.37. The number of ether oxygens (including phenoxy) is 1. The van der Waals surface area contributed by atoms with E-state index in [-0.39, 0.29) is 12.2 Å². The van der Waals surface area contributed by atoms with Crippen molar-refractivity contribution in [3.63, 3.8) is 0 Å². The molecule has 1 amide bonds. The van der Waals surface area contributed by atoms with Crippen LogP contribution >= 0.6 is 0 Å². The average Bonchev–Trinajstić information content (AvgIpc) is 2.78. The lowest BCUT2D eigenvalue weighted by Crippen LogP contribution is -2.46. The molecule has 0 radical (unpaired) electrons. The Balaban J connectivity index is 2.25. The molecule has 0 aliphatic heterocycles. The molecule has 31 heavy (non-hydrogen) atoms. The molecule has 0 fully saturated rings. The second kappa shape index (κ2) is 8.99. The lowest BCUT2D eigenvalue weighted by Gasteiger charge is -2.16. The maximum Gasteiger partial charge on any atom is 0.352 e. The summed E-state index contributed by atoms with van der Waals surface area (Å²) in [6.45, 7) is 6.07. The second-order valence-electron chi connectivity index (χ2n) is 7.37. The van der Waals surface area contributed by atoms with Crippen molar-refractivity contribution in [2.45, 2.75) is 27.3 Å². The lowest BCUT2D eigenvalue weighted by molar-refractivity contribution is 0.0791. The van der Waals surface area contributed by atoms with Crippen molar-refractivity contribution >= 4 is 5.91 Å². The van der Waals surface area contributed by atoms with E-state index < -0.39 is 17.2 Å². The van der Waals surface area contributed by atoms with Crippen molar-refractivity contribution in [2.75, 3.05) is 20.7 Å². The van der Waals surface area contributed by atoms with Gasteiger partial charge in [0.05, 0.1) is 19.3 Å². The van der Waals surface area contributed by atoms with Crippen LogP contribution in [0.3, 0.4) is 0 Å². The van der Waals surface area contributed by atoms with Gasteiger partial charge in [0.25, 0.3) is 11.5 Å². The highest BCUT2D eigenvalue weighted by Crippen LogP contribution is 2.14. The topological polar surface area (TPSA) is 86.4 Å². The van der Waals surface area contributed by atoms with Gasteiger partial charge < -0.3 is 9.64 Å². The minimum Gasteiger partial charge on any atom is -0.497 e. The fraction of sp³-hybridized carbons (Fsp3) is 0.304. The summed E-state index contributed by atoms with van der Waals surface area (Å²) in [4.78, 5) is 40.6. The maximum atomic E-state index is 13.3. The van der Waals surface area contributed by atoms with Gasteiger partial charge in [-0.1, -0.05) is 18.2 Å². The Bertz CT molecular complexity index is 1240. The molecule has 8 heteroatoms. The molecule has 0 N–H and O–H groups in total. The zero-order valence-corrected chi connectivity index (χ0v) is 18.4. The van der Waals surface area contributed by atoms with Crippen molar-refractivity contribution in [2.24, 2.45) is 0 Å². The number of aryl methyl sites for hydroxylation is 2. The molecule has 162 valence electrons. The first-order valence-electron chi connectivity index (χ1n) is 9.97. The molecule has 0 atom stereocenters. The molecule has 8 nitrogen and oxygen atoms in total. The molecule has 0 saturated carbocycles. The zero-order chi connectivity index (χ0) is 22.7.